The van der Waals surface area contributed by atoms with Gasteiger partial charge in [0.1, 0.15) is 0 Å². The smallest absolute Gasteiger partial charge is 0.336 e. The van der Waals surface area contributed by atoms with Gasteiger partial charge in [0, 0.05) is 42.9 Å². The molecule has 216 valence electrons. The van der Waals surface area contributed by atoms with Crippen molar-refractivity contribution in [3.05, 3.63) is 75.9 Å². The second kappa shape index (κ2) is 12.7. The lowest BCUT2D eigenvalue weighted by atomic mass is 10.0. The number of amides is 3. The molecule has 0 N–H and O–H groups in total. The highest BCUT2D eigenvalue weighted by atomic mass is 19.4. The Morgan fingerprint density at radius 1 is 0.902 bits per heavy atom. The molecule has 2 aromatic carbocycles. The van der Waals surface area contributed by atoms with E-state index in [1.807, 2.05) is 36.1 Å². The summed E-state index contributed by atoms with van der Waals surface area (Å²) >= 11 is 0. The average molecular weight is 567 g/mol. The molecule has 3 amide bonds. The maximum Gasteiger partial charge on any atom is 0.417 e. The molecule has 0 aromatic heterocycles. The molecule has 7 nitrogen and oxygen atoms in total. The van der Waals surface area contributed by atoms with Gasteiger partial charge in [-0.15, -0.1) is 0 Å². The number of benzene rings is 2. The van der Waals surface area contributed by atoms with Crippen LogP contribution in [0.1, 0.15) is 66.1 Å². The highest BCUT2D eigenvalue weighted by Gasteiger charge is 2.39. The van der Waals surface area contributed by atoms with Crippen LogP contribution in [-0.2, 0) is 15.8 Å². The maximum absolute atomic E-state index is 13.4. The minimum Gasteiger partial charge on any atom is -0.336 e. The number of nitrogens with zero attached hydrogens (tertiary/aromatic N) is 4. The predicted molar refractivity (Wildman–Crippen MR) is 148 cm³/mol. The average Bonchev–Trinajstić information content (AvgIpc) is 3.17. The van der Waals surface area contributed by atoms with Crippen molar-refractivity contribution < 1.29 is 27.6 Å². The van der Waals surface area contributed by atoms with Gasteiger partial charge in [-0.05, 0) is 70.0 Å². The third-order valence-electron chi connectivity index (χ3n) is 7.73. The third kappa shape index (κ3) is 6.85. The molecule has 0 atom stereocenters. The fourth-order valence-corrected chi connectivity index (χ4v) is 5.26. The number of hydrogen-bond acceptors (Lipinski definition) is 5. The summed E-state index contributed by atoms with van der Waals surface area (Å²) in [5, 5.41) is 9.01. The summed E-state index contributed by atoms with van der Waals surface area (Å²) in [6.45, 7) is 7.45. The number of carbonyl (C=O) groups excluding carboxylic acids is 3. The van der Waals surface area contributed by atoms with Crippen molar-refractivity contribution in [3.8, 4) is 6.07 Å². The molecule has 2 heterocycles. The van der Waals surface area contributed by atoms with Crippen LogP contribution in [0.3, 0.4) is 0 Å². The Bertz CT molecular complexity index is 1380. The van der Waals surface area contributed by atoms with Gasteiger partial charge in [-0.3, -0.25) is 19.3 Å². The molecule has 4 rings (SSSR count). The van der Waals surface area contributed by atoms with E-state index in [2.05, 4.69) is 4.90 Å². The number of rotatable bonds is 9. The topological polar surface area (TPSA) is 84.7 Å². The second-order valence-electron chi connectivity index (χ2n) is 10.6. The van der Waals surface area contributed by atoms with Crippen molar-refractivity contribution in [1.82, 2.24) is 9.80 Å². The van der Waals surface area contributed by atoms with Gasteiger partial charge < -0.3 is 4.90 Å². The number of halogens is 3. The summed E-state index contributed by atoms with van der Waals surface area (Å²) in [5.41, 5.74) is 0.457. The highest BCUT2D eigenvalue weighted by Crippen LogP contribution is 2.37. The van der Waals surface area contributed by atoms with Crippen molar-refractivity contribution in [2.45, 2.75) is 52.1 Å². The zero-order valence-electron chi connectivity index (χ0n) is 23.3. The lowest BCUT2D eigenvalue weighted by molar-refractivity contribution is -0.138. The third-order valence-corrected chi connectivity index (χ3v) is 7.73. The van der Waals surface area contributed by atoms with Crippen LogP contribution in [0.2, 0.25) is 0 Å². The molecular formula is C31H33F3N4O3. The maximum atomic E-state index is 13.4. The molecule has 41 heavy (non-hydrogen) atoms. The summed E-state index contributed by atoms with van der Waals surface area (Å²) in [6.07, 6.45) is -0.988. The first-order chi connectivity index (χ1) is 19.5. The van der Waals surface area contributed by atoms with E-state index in [0.717, 1.165) is 55.4 Å². The van der Waals surface area contributed by atoms with Crippen LogP contribution in [0.25, 0.3) is 0 Å². The number of anilines is 1. The first kappa shape index (κ1) is 30.0. The van der Waals surface area contributed by atoms with Crippen LogP contribution < -0.4 is 4.90 Å². The Kier molecular flexibility index (Phi) is 9.28. The van der Waals surface area contributed by atoms with E-state index >= 15 is 0 Å². The fourth-order valence-electron chi connectivity index (χ4n) is 5.26. The number of carbonyl (C=O) groups is 3. The highest BCUT2D eigenvalue weighted by molar-refractivity contribution is 6.32. The van der Waals surface area contributed by atoms with E-state index in [-0.39, 0.29) is 17.2 Å². The summed E-state index contributed by atoms with van der Waals surface area (Å²) in [5.74, 6) is -1.18. The van der Waals surface area contributed by atoms with Crippen molar-refractivity contribution in [1.29, 1.82) is 5.26 Å². The Hall–Kier alpha value is -3.97. The van der Waals surface area contributed by atoms with Gasteiger partial charge in [0.05, 0.1) is 22.9 Å². The molecule has 0 spiro atoms. The van der Waals surface area contributed by atoms with Gasteiger partial charge in [0.25, 0.3) is 17.7 Å². The largest absolute Gasteiger partial charge is 0.417 e. The van der Waals surface area contributed by atoms with E-state index in [1.165, 1.54) is 19.1 Å². The van der Waals surface area contributed by atoms with Crippen LogP contribution in [0.15, 0.2) is 53.6 Å². The lowest BCUT2D eigenvalue weighted by Gasteiger charge is -2.34. The number of unbranched alkanes of at least 4 members (excludes halogenated alkanes) is 3. The molecule has 0 bridgehead atoms. The number of alkyl halides is 3. The molecule has 1 saturated heterocycles. The van der Waals surface area contributed by atoms with Gasteiger partial charge in [-0.1, -0.05) is 30.5 Å². The molecule has 2 aliphatic heterocycles. The number of hydrogen-bond donors (Lipinski definition) is 0. The van der Waals surface area contributed by atoms with Crippen LogP contribution >= 0.6 is 0 Å². The van der Waals surface area contributed by atoms with Gasteiger partial charge in [-0.25, -0.2) is 4.90 Å². The molecule has 10 heteroatoms. The molecular weight excluding hydrogens is 533 g/mol. The Morgan fingerprint density at radius 2 is 1.56 bits per heavy atom. The van der Waals surface area contributed by atoms with Crippen LogP contribution in [0.4, 0.5) is 18.9 Å². The van der Waals surface area contributed by atoms with Gasteiger partial charge in [0.15, 0.2) is 0 Å². The quantitative estimate of drug-likeness (QED) is 0.296. The Labute approximate surface area is 237 Å². The molecule has 2 aromatic rings. The first-order valence-corrected chi connectivity index (χ1v) is 13.8. The second-order valence-corrected chi connectivity index (χ2v) is 10.6. The summed E-state index contributed by atoms with van der Waals surface area (Å²) in [6, 6.07) is 12.0. The summed E-state index contributed by atoms with van der Waals surface area (Å²) < 4.78 is 40.2. The first-order valence-electron chi connectivity index (χ1n) is 13.8. The SMILES string of the molecule is CC1=C(CCCCCCN2CCN(C(=O)c3ccc(C)cc3)CC2)C(=O)N(c2ccc(C#N)c(C(F)(F)F)c2)C1=O. The monoisotopic (exact) mass is 566 g/mol. The minimum absolute atomic E-state index is 0.0627. The van der Waals surface area contributed by atoms with E-state index in [4.69, 9.17) is 5.26 Å². The standard InChI is InChI=1S/C31H33F3N4O3/c1-21-8-10-23(11-9-21)29(40)37-17-15-36(16-18-37)14-6-4-3-5-7-26-22(2)28(39)38(30(26)41)25-13-12-24(20-35)27(19-25)31(32,33)34/h8-13,19H,3-7,14-18H2,1-2H3. The molecule has 2 aliphatic rings. The molecule has 0 radical (unpaired) electrons. The van der Waals surface area contributed by atoms with Crippen LogP contribution in [0.5, 0.6) is 0 Å². The number of imide groups is 1. The normalized spacial score (nSPS) is 16.5. The molecule has 0 unspecified atom stereocenters. The molecule has 0 aliphatic carbocycles. The lowest BCUT2D eigenvalue weighted by Crippen LogP contribution is -2.48. The van der Waals surface area contributed by atoms with E-state index < -0.39 is 29.1 Å². The van der Waals surface area contributed by atoms with Crippen molar-refractivity contribution in [2.24, 2.45) is 0 Å². The number of aryl methyl sites for hydroxylation is 1. The van der Waals surface area contributed by atoms with Crippen molar-refractivity contribution >= 4 is 23.4 Å². The van der Waals surface area contributed by atoms with E-state index in [9.17, 15) is 27.6 Å². The van der Waals surface area contributed by atoms with Gasteiger partial charge >= 0.3 is 6.18 Å². The van der Waals surface area contributed by atoms with E-state index in [1.54, 1.807) is 0 Å². The summed E-state index contributed by atoms with van der Waals surface area (Å²) in [7, 11) is 0. The zero-order chi connectivity index (χ0) is 29.7. The van der Waals surface area contributed by atoms with Crippen molar-refractivity contribution in [3.63, 3.8) is 0 Å². The number of nitriles is 1. The number of piperazine rings is 1. The van der Waals surface area contributed by atoms with Gasteiger partial charge in [0.2, 0.25) is 0 Å². The van der Waals surface area contributed by atoms with Crippen molar-refractivity contribution in [2.75, 3.05) is 37.6 Å². The molecule has 0 saturated carbocycles. The van der Waals surface area contributed by atoms with E-state index in [0.29, 0.717) is 43.1 Å². The Morgan fingerprint density at radius 3 is 2.20 bits per heavy atom. The fraction of sp³-hybridized carbons (Fsp3) is 0.419. The van der Waals surface area contributed by atoms with Crippen LogP contribution in [0, 0.1) is 18.3 Å². The minimum atomic E-state index is -4.79. The van der Waals surface area contributed by atoms with Crippen LogP contribution in [-0.4, -0.2) is 60.2 Å². The molecule has 1 fully saturated rings. The Balaban J connectivity index is 1.20. The predicted octanol–water partition coefficient (Wildman–Crippen LogP) is 5.48. The summed E-state index contributed by atoms with van der Waals surface area (Å²) in [4.78, 5) is 43.5. The van der Waals surface area contributed by atoms with Gasteiger partial charge in [-0.2, -0.15) is 18.4 Å². The zero-order valence-corrected chi connectivity index (χ0v) is 23.3.